The molecule has 0 fully saturated rings. The quantitative estimate of drug-likeness (QED) is 0.579. The standard InChI is InChI=1S/C10H15IN2O4/c1-2-3-7(6-14)17-9(11)13-5-4-8(15)12-10(13)16/h4-5,7,9,14H,2-3,6H2,1H3,(H,12,15,16)/t7-,9+/m0/s1. The van der Waals surface area contributed by atoms with Gasteiger partial charge >= 0.3 is 5.69 Å². The van der Waals surface area contributed by atoms with Crippen molar-refractivity contribution in [2.24, 2.45) is 0 Å². The molecular formula is C10H15IN2O4. The molecule has 0 spiro atoms. The first-order valence-corrected chi connectivity index (χ1v) is 6.55. The van der Waals surface area contributed by atoms with Crippen LogP contribution in [0.5, 0.6) is 0 Å². The molecule has 0 amide bonds. The smallest absolute Gasteiger partial charge is 0.331 e. The Morgan fingerprint density at radius 2 is 2.29 bits per heavy atom. The van der Waals surface area contributed by atoms with Gasteiger partial charge in [0, 0.05) is 12.3 Å². The third-order valence-electron chi connectivity index (χ3n) is 2.19. The first-order valence-electron chi connectivity index (χ1n) is 5.30. The van der Waals surface area contributed by atoms with Gasteiger partial charge in [-0.05, 0) is 29.0 Å². The number of nitrogens with one attached hydrogen (secondary N) is 1. The zero-order valence-electron chi connectivity index (χ0n) is 9.43. The summed E-state index contributed by atoms with van der Waals surface area (Å²) in [7, 11) is 0. The van der Waals surface area contributed by atoms with Gasteiger partial charge in [-0.15, -0.1) is 0 Å². The first kappa shape index (κ1) is 14.4. The molecule has 96 valence electrons. The van der Waals surface area contributed by atoms with Crippen molar-refractivity contribution in [3.63, 3.8) is 0 Å². The Morgan fingerprint density at radius 1 is 1.59 bits per heavy atom. The average Bonchev–Trinajstić information content (AvgIpc) is 2.28. The van der Waals surface area contributed by atoms with Gasteiger partial charge in [0.05, 0.1) is 12.7 Å². The lowest BCUT2D eigenvalue weighted by Crippen LogP contribution is -2.32. The Bertz CT molecular complexity index is 456. The van der Waals surface area contributed by atoms with E-state index in [0.717, 1.165) is 6.42 Å². The highest BCUT2D eigenvalue weighted by Gasteiger charge is 2.15. The number of aromatic amines is 1. The minimum atomic E-state index is -0.555. The molecular weight excluding hydrogens is 339 g/mol. The number of aliphatic hydroxyl groups is 1. The SMILES string of the molecule is CCC[C@@H](CO)O[C@H](I)n1ccc(=O)[nH]c1=O. The van der Waals surface area contributed by atoms with Crippen molar-refractivity contribution in [2.45, 2.75) is 30.1 Å². The van der Waals surface area contributed by atoms with Crippen LogP contribution >= 0.6 is 22.6 Å². The lowest BCUT2D eigenvalue weighted by Gasteiger charge is -2.20. The summed E-state index contributed by atoms with van der Waals surface area (Å²) in [6, 6.07) is 1.25. The summed E-state index contributed by atoms with van der Waals surface area (Å²) in [6.07, 6.45) is 2.67. The topological polar surface area (TPSA) is 84.3 Å². The molecule has 0 aliphatic rings. The van der Waals surface area contributed by atoms with E-state index in [4.69, 9.17) is 9.84 Å². The lowest BCUT2D eigenvalue weighted by molar-refractivity contribution is -0.0268. The second-order valence-electron chi connectivity index (χ2n) is 3.54. The fourth-order valence-corrected chi connectivity index (χ4v) is 2.19. The van der Waals surface area contributed by atoms with E-state index >= 15 is 0 Å². The maximum Gasteiger partial charge on any atom is 0.331 e. The van der Waals surface area contributed by atoms with E-state index in [1.807, 2.05) is 29.5 Å². The molecule has 0 radical (unpaired) electrons. The third-order valence-corrected chi connectivity index (χ3v) is 3.08. The van der Waals surface area contributed by atoms with Crippen molar-refractivity contribution in [2.75, 3.05) is 6.61 Å². The molecule has 6 nitrogen and oxygen atoms in total. The molecule has 0 unspecified atom stereocenters. The van der Waals surface area contributed by atoms with Gasteiger partial charge in [0.2, 0.25) is 0 Å². The van der Waals surface area contributed by atoms with Crippen molar-refractivity contribution in [3.05, 3.63) is 33.1 Å². The number of alkyl halides is 1. The maximum absolute atomic E-state index is 11.5. The summed E-state index contributed by atoms with van der Waals surface area (Å²) in [5.74, 6) is 0. The maximum atomic E-state index is 11.5. The highest BCUT2D eigenvalue weighted by atomic mass is 127. The number of rotatable bonds is 6. The van der Waals surface area contributed by atoms with Crippen molar-refractivity contribution in [3.8, 4) is 0 Å². The van der Waals surface area contributed by atoms with E-state index in [9.17, 15) is 9.59 Å². The lowest BCUT2D eigenvalue weighted by atomic mass is 10.2. The van der Waals surface area contributed by atoms with Crippen molar-refractivity contribution in [1.29, 1.82) is 0 Å². The van der Waals surface area contributed by atoms with Gasteiger partial charge in [-0.25, -0.2) is 4.79 Å². The summed E-state index contributed by atoms with van der Waals surface area (Å²) in [5, 5.41) is 9.09. The third kappa shape index (κ3) is 4.25. The Morgan fingerprint density at radius 3 is 2.82 bits per heavy atom. The van der Waals surface area contributed by atoms with Crippen LogP contribution in [0.4, 0.5) is 0 Å². The summed E-state index contributed by atoms with van der Waals surface area (Å²) in [4.78, 5) is 24.5. The molecule has 0 saturated heterocycles. The van der Waals surface area contributed by atoms with Gasteiger partial charge in [0.15, 0.2) is 4.23 Å². The fraction of sp³-hybridized carbons (Fsp3) is 0.600. The van der Waals surface area contributed by atoms with Crippen LogP contribution < -0.4 is 11.2 Å². The number of aliphatic hydroxyl groups excluding tert-OH is 1. The molecule has 0 bridgehead atoms. The Kier molecular flexibility index (Phi) is 5.86. The monoisotopic (exact) mass is 354 g/mol. The van der Waals surface area contributed by atoms with Crippen LogP contribution in [0.15, 0.2) is 21.9 Å². The highest BCUT2D eigenvalue weighted by Crippen LogP contribution is 2.18. The van der Waals surface area contributed by atoms with Crippen LogP contribution in [-0.4, -0.2) is 27.4 Å². The highest BCUT2D eigenvalue weighted by molar-refractivity contribution is 14.1. The number of aromatic nitrogens is 2. The summed E-state index contributed by atoms with van der Waals surface area (Å²) >= 11 is 1.93. The number of hydrogen-bond donors (Lipinski definition) is 2. The zero-order valence-corrected chi connectivity index (χ0v) is 11.6. The molecule has 2 atom stereocenters. The van der Waals surface area contributed by atoms with Crippen molar-refractivity contribution < 1.29 is 9.84 Å². The van der Waals surface area contributed by atoms with E-state index in [1.54, 1.807) is 0 Å². The molecule has 1 aromatic heterocycles. The van der Waals surface area contributed by atoms with Crippen LogP contribution in [0.3, 0.4) is 0 Å². The van der Waals surface area contributed by atoms with Gasteiger partial charge in [-0.1, -0.05) is 13.3 Å². The second kappa shape index (κ2) is 6.92. The molecule has 17 heavy (non-hydrogen) atoms. The second-order valence-corrected chi connectivity index (χ2v) is 4.60. The minimum absolute atomic E-state index is 0.0918. The molecule has 0 aromatic carbocycles. The first-order chi connectivity index (χ1) is 8.08. The van der Waals surface area contributed by atoms with E-state index in [-0.39, 0.29) is 12.7 Å². The van der Waals surface area contributed by atoms with E-state index in [2.05, 4.69) is 4.98 Å². The largest absolute Gasteiger partial charge is 0.394 e. The van der Waals surface area contributed by atoms with Crippen LogP contribution in [0, 0.1) is 0 Å². The number of hydrogen-bond acceptors (Lipinski definition) is 4. The number of nitrogens with zero attached hydrogens (tertiary/aromatic N) is 1. The number of ether oxygens (including phenoxy) is 1. The van der Waals surface area contributed by atoms with Gasteiger partial charge < -0.3 is 9.84 Å². The molecule has 0 aliphatic carbocycles. The average molecular weight is 354 g/mol. The molecule has 0 saturated carbocycles. The minimum Gasteiger partial charge on any atom is -0.394 e. The number of H-pyrrole nitrogens is 1. The summed E-state index contributed by atoms with van der Waals surface area (Å²) < 4.78 is 6.23. The van der Waals surface area contributed by atoms with Gasteiger partial charge in [0.25, 0.3) is 5.56 Å². The molecule has 1 rings (SSSR count). The van der Waals surface area contributed by atoms with E-state index in [0.29, 0.717) is 6.42 Å². The molecule has 1 heterocycles. The van der Waals surface area contributed by atoms with E-state index in [1.165, 1.54) is 16.8 Å². The molecule has 2 N–H and O–H groups in total. The number of halogens is 1. The molecule has 7 heteroatoms. The molecule has 0 aliphatic heterocycles. The van der Waals surface area contributed by atoms with Crippen LogP contribution in [-0.2, 0) is 4.74 Å². The van der Waals surface area contributed by atoms with Gasteiger partial charge in [-0.2, -0.15) is 0 Å². The van der Waals surface area contributed by atoms with Crippen LogP contribution in [0.1, 0.15) is 24.0 Å². The fourth-order valence-electron chi connectivity index (χ4n) is 1.34. The zero-order chi connectivity index (χ0) is 12.8. The predicted octanol–water partition coefficient (Wildman–Crippen LogP) is 0.605. The summed E-state index contributed by atoms with van der Waals surface area (Å²) in [6.45, 7) is 1.89. The Hall–Kier alpha value is -0.670. The Labute approximate surface area is 112 Å². The molecule has 1 aromatic rings. The van der Waals surface area contributed by atoms with Crippen LogP contribution in [0.25, 0.3) is 0 Å². The van der Waals surface area contributed by atoms with Crippen LogP contribution in [0.2, 0.25) is 0 Å². The van der Waals surface area contributed by atoms with Gasteiger partial charge in [-0.3, -0.25) is 14.3 Å². The van der Waals surface area contributed by atoms with E-state index < -0.39 is 15.5 Å². The Balaban J connectivity index is 2.78. The predicted molar refractivity (Wildman–Crippen MR) is 71.2 cm³/mol. The van der Waals surface area contributed by atoms with Gasteiger partial charge in [0.1, 0.15) is 0 Å². The van der Waals surface area contributed by atoms with Crippen molar-refractivity contribution >= 4 is 22.6 Å². The normalized spacial score (nSPS) is 14.5. The van der Waals surface area contributed by atoms with Crippen molar-refractivity contribution in [1.82, 2.24) is 9.55 Å². The summed E-state index contributed by atoms with van der Waals surface area (Å²) in [5.41, 5.74) is -0.966.